The molecule has 0 amide bonds. The molecule has 0 bridgehead atoms. The zero-order chi connectivity index (χ0) is 18.2. The number of benzene rings is 3. The number of hydrogen-bond acceptors (Lipinski definition) is 2. The first kappa shape index (κ1) is 17.0. The second kappa shape index (κ2) is 8.29. The van der Waals surface area contributed by atoms with Crippen molar-refractivity contribution in [1.82, 2.24) is 0 Å². The highest BCUT2D eigenvalue weighted by Crippen LogP contribution is 2.20. The van der Waals surface area contributed by atoms with E-state index in [1.54, 1.807) is 0 Å². The first-order valence-corrected chi connectivity index (χ1v) is 8.24. The fraction of sp³-hybridized carbons (Fsp3) is 0. The standard InChI is InChI=1S/C24H16N2/c25-17-23(21-7-3-1-4-8-21)15-19-11-13-20(14-12-19)16-24(18-26)22-9-5-2-6-10-22/h1-16H. The highest BCUT2D eigenvalue weighted by atomic mass is 14.3. The van der Waals surface area contributed by atoms with Gasteiger partial charge in [-0.25, -0.2) is 0 Å². The molecule has 0 aromatic heterocycles. The molecule has 0 aliphatic heterocycles. The van der Waals surface area contributed by atoms with E-state index in [1.807, 2.05) is 97.1 Å². The molecule has 0 radical (unpaired) electrons. The molecule has 3 rings (SSSR count). The van der Waals surface area contributed by atoms with Crippen molar-refractivity contribution >= 4 is 23.3 Å². The molecule has 122 valence electrons. The molecule has 0 aliphatic rings. The van der Waals surface area contributed by atoms with Crippen LogP contribution in [0, 0.1) is 22.7 Å². The van der Waals surface area contributed by atoms with Crippen LogP contribution in [0.2, 0.25) is 0 Å². The zero-order valence-corrected chi connectivity index (χ0v) is 14.1. The third-order valence-corrected chi connectivity index (χ3v) is 3.97. The lowest BCUT2D eigenvalue weighted by molar-refractivity contribution is 1.52. The van der Waals surface area contributed by atoms with Crippen LogP contribution in [-0.4, -0.2) is 0 Å². The van der Waals surface area contributed by atoms with Crippen LogP contribution in [0.1, 0.15) is 22.3 Å². The normalized spacial score (nSPS) is 11.5. The number of hydrogen-bond donors (Lipinski definition) is 0. The van der Waals surface area contributed by atoms with Gasteiger partial charge in [0.25, 0.3) is 0 Å². The number of allylic oxidation sites excluding steroid dienone is 2. The van der Waals surface area contributed by atoms with Crippen molar-refractivity contribution in [3.63, 3.8) is 0 Å². The van der Waals surface area contributed by atoms with Crippen LogP contribution >= 0.6 is 0 Å². The SMILES string of the molecule is N#CC(=Cc1ccc(C=C(C#N)c2ccccc2)cc1)c1ccccc1. The highest BCUT2D eigenvalue weighted by molar-refractivity contribution is 5.91. The quantitative estimate of drug-likeness (QED) is 0.447. The van der Waals surface area contributed by atoms with Crippen LogP contribution in [-0.2, 0) is 0 Å². The van der Waals surface area contributed by atoms with Crippen molar-refractivity contribution in [2.75, 3.05) is 0 Å². The van der Waals surface area contributed by atoms with Crippen LogP contribution in [0.3, 0.4) is 0 Å². The Morgan fingerprint density at radius 1 is 0.538 bits per heavy atom. The Hall–Kier alpha value is -3.88. The van der Waals surface area contributed by atoms with E-state index in [-0.39, 0.29) is 0 Å². The molecule has 26 heavy (non-hydrogen) atoms. The number of nitriles is 2. The molecule has 0 aliphatic carbocycles. The van der Waals surface area contributed by atoms with E-state index >= 15 is 0 Å². The first-order valence-electron chi connectivity index (χ1n) is 8.24. The lowest BCUT2D eigenvalue weighted by Crippen LogP contribution is -1.83. The molecular formula is C24H16N2. The van der Waals surface area contributed by atoms with Crippen molar-refractivity contribution < 1.29 is 0 Å². The van der Waals surface area contributed by atoms with E-state index < -0.39 is 0 Å². The summed E-state index contributed by atoms with van der Waals surface area (Å²) in [5.74, 6) is 0. The topological polar surface area (TPSA) is 47.6 Å². The molecule has 3 aromatic rings. The number of nitrogens with zero attached hydrogens (tertiary/aromatic N) is 2. The predicted molar refractivity (Wildman–Crippen MR) is 106 cm³/mol. The van der Waals surface area contributed by atoms with E-state index in [9.17, 15) is 10.5 Å². The predicted octanol–water partition coefficient (Wildman–Crippen LogP) is 5.81. The molecule has 2 nitrogen and oxygen atoms in total. The van der Waals surface area contributed by atoms with E-state index in [0.29, 0.717) is 11.1 Å². The van der Waals surface area contributed by atoms with Crippen molar-refractivity contribution in [1.29, 1.82) is 10.5 Å². The third kappa shape index (κ3) is 4.15. The second-order valence-electron chi connectivity index (χ2n) is 5.74. The summed E-state index contributed by atoms with van der Waals surface area (Å²) in [6, 6.07) is 31.5. The molecule has 3 aromatic carbocycles. The van der Waals surface area contributed by atoms with Gasteiger partial charge in [0, 0.05) is 0 Å². The molecule has 0 spiro atoms. The molecule has 0 heterocycles. The van der Waals surface area contributed by atoms with Gasteiger partial charge in [-0.3, -0.25) is 0 Å². The Bertz CT molecular complexity index is 927. The van der Waals surface area contributed by atoms with Gasteiger partial charge in [-0.2, -0.15) is 10.5 Å². The van der Waals surface area contributed by atoms with Crippen molar-refractivity contribution in [2.45, 2.75) is 0 Å². The maximum absolute atomic E-state index is 9.41. The van der Waals surface area contributed by atoms with Gasteiger partial charge in [0.05, 0.1) is 23.3 Å². The van der Waals surface area contributed by atoms with Gasteiger partial charge in [-0.15, -0.1) is 0 Å². The van der Waals surface area contributed by atoms with Gasteiger partial charge in [-0.1, -0.05) is 84.9 Å². The van der Waals surface area contributed by atoms with Crippen molar-refractivity contribution in [2.24, 2.45) is 0 Å². The Labute approximate surface area is 153 Å². The Kier molecular flexibility index (Phi) is 5.41. The van der Waals surface area contributed by atoms with Gasteiger partial charge in [0.1, 0.15) is 0 Å². The van der Waals surface area contributed by atoms with Crippen LogP contribution in [0.25, 0.3) is 23.3 Å². The minimum atomic E-state index is 0.621. The third-order valence-electron chi connectivity index (χ3n) is 3.97. The summed E-state index contributed by atoms with van der Waals surface area (Å²) in [7, 11) is 0. The first-order chi connectivity index (χ1) is 12.8. The summed E-state index contributed by atoms with van der Waals surface area (Å²) in [6.45, 7) is 0. The lowest BCUT2D eigenvalue weighted by atomic mass is 10.0. The Morgan fingerprint density at radius 2 is 0.885 bits per heavy atom. The Balaban J connectivity index is 1.87. The maximum atomic E-state index is 9.41. The van der Waals surface area contributed by atoms with Crippen LogP contribution < -0.4 is 0 Å². The van der Waals surface area contributed by atoms with Gasteiger partial charge >= 0.3 is 0 Å². The van der Waals surface area contributed by atoms with Crippen LogP contribution in [0.15, 0.2) is 84.9 Å². The van der Waals surface area contributed by atoms with E-state index in [1.165, 1.54) is 0 Å². The summed E-state index contributed by atoms with van der Waals surface area (Å²) >= 11 is 0. The van der Waals surface area contributed by atoms with Gasteiger partial charge < -0.3 is 0 Å². The van der Waals surface area contributed by atoms with Crippen molar-refractivity contribution in [3.8, 4) is 12.1 Å². The second-order valence-corrected chi connectivity index (χ2v) is 5.74. The van der Waals surface area contributed by atoms with Gasteiger partial charge in [0.15, 0.2) is 0 Å². The van der Waals surface area contributed by atoms with Crippen LogP contribution in [0.5, 0.6) is 0 Å². The Morgan fingerprint density at radius 3 is 1.19 bits per heavy atom. The molecule has 0 N–H and O–H groups in total. The maximum Gasteiger partial charge on any atom is 0.0998 e. The number of rotatable bonds is 4. The largest absolute Gasteiger partial charge is 0.192 e. The summed E-state index contributed by atoms with van der Waals surface area (Å²) in [5.41, 5.74) is 4.93. The minimum absolute atomic E-state index is 0.621. The molecule has 0 saturated carbocycles. The fourth-order valence-corrected chi connectivity index (χ4v) is 2.62. The van der Waals surface area contributed by atoms with E-state index in [2.05, 4.69) is 12.1 Å². The monoisotopic (exact) mass is 332 g/mol. The summed E-state index contributed by atoms with van der Waals surface area (Å²) < 4.78 is 0. The average molecular weight is 332 g/mol. The zero-order valence-electron chi connectivity index (χ0n) is 14.1. The fourth-order valence-electron chi connectivity index (χ4n) is 2.62. The molecule has 0 saturated heterocycles. The molecule has 2 heteroatoms. The van der Waals surface area contributed by atoms with Crippen LogP contribution in [0.4, 0.5) is 0 Å². The minimum Gasteiger partial charge on any atom is -0.192 e. The molecule has 0 atom stereocenters. The summed E-state index contributed by atoms with van der Waals surface area (Å²) in [5, 5.41) is 18.8. The molecular weight excluding hydrogens is 316 g/mol. The molecule has 0 fully saturated rings. The summed E-state index contributed by atoms with van der Waals surface area (Å²) in [4.78, 5) is 0. The summed E-state index contributed by atoms with van der Waals surface area (Å²) in [6.07, 6.45) is 3.73. The smallest absolute Gasteiger partial charge is 0.0998 e. The van der Waals surface area contributed by atoms with Gasteiger partial charge in [0.2, 0.25) is 0 Å². The molecule has 0 unspecified atom stereocenters. The lowest BCUT2D eigenvalue weighted by Gasteiger charge is -2.02. The van der Waals surface area contributed by atoms with E-state index in [4.69, 9.17) is 0 Å². The van der Waals surface area contributed by atoms with Gasteiger partial charge in [-0.05, 0) is 34.4 Å². The van der Waals surface area contributed by atoms with E-state index in [0.717, 1.165) is 22.3 Å². The van der Waals surface area contributed by atoms with Crippen molar-refractivity contribution in [3.05, 3.63) is 107 Å². The highest BCUT2D eigenvalue weighted by Gasteiger charge is 2.02. The average Bonchev–Trinajstić information content (AvgIpc) is 2.72.